The predicted molar refractivity (Wildman–Crippen MR) is 117 cm³/mol. The molecule has 4 heterocycles. The zero-order valence-electron chi connectivity index (χ0n) is 17.2. The third-order valence-electron chi connectivity index (χ3n) is 7.38. The van der Waals surface area contributed by atoms with Crippen LogP contribution < -0.4 is 12.4 Å². The molecular formula is C26H29ClN2O. The van der Waals surface area contributed by atoms with Gasteiger partial charge in [-0.2, -0.15) is 0 Å². The maximum absolute atomic E-state index is 11.7. The first-order chi connectivity index (χ1) is 14.2. The SMILES string of the molecule is C=CC1C[N+]2(Cc3ccccc3)CC[C@H]1CC2C(O)c1ccnc2ccccc12.[Cl-]. The number of piperidine rings is 3. The van der Waals surface area contributed by atoms with E-state index in [2.05, 4.69) is 54.0 Å². The van der Waals surface area contributed by atoms with Crippen molar-refractivity contribution in [2.45, 2.75) is 31.5 Å². The number of hydrogen-bond donors (Lipinski definition) is 1. The number of nitrogens with zero attached hydrogens (tertiary/aromatic N) is 2. The molecule has 2 bridgehead atoms. The van der Waals surface area contributed by atoms with Gasteiger partial charge in [-0.1, -0.05) is 54.6 Å². The molecule has 4 heteroatoms. The van der Waals surface area contributed by atoms with E-state index < -0.39 is 6.10 Å². The number of halogens is 1. The maximum Gasteiger partial charge on any atom is 0.131 e. The number of pyridine rings is 1. The monoisotopic (exact) mass is 420 g/mol. The van der Waals surface area contributed by atoms with Gasteiger partial charge in [0.15, 0.2) is 0 Å². The quantitative estimate of drug-likeness (QED) is 0.505. The van der Waals surface area contributed by atoms with Gasteiger partial charge < -0.3 is 22.0 Å². The summed E-state index contributed by atoms with van der Waals surface area (Å²) >= 11 is 0. The van der Waals surface area contributed by atoms with E-state index in [-0.39, 0.29) is 18.4 Å². The first-order valence-electron chi connectivity index (χ1n) is 10.7. The van der Waals surface area contributed by atoms with Crippen LogP contribution in [0.3, 0.4) is 0 Å². The minimum absolute atomic E-state index is 0. The average Bonchev–Trinajstić information content (AvgIpc) is 2.78. The number of hydrogen-bond acceptors (Lipinski definition) is 2. The maximum atomic E-state index is 11.7. The van der Waals surface area contributed by atoms with Gasteiger partial charge >= 0.3 is 0 Å². The highest BCUT2D eigenvalue weighted by Crippen LogP contribution is 2.47. The van der Waals surface area contributed by atoms with Crippen molar-refractivity contribution in [1.29, 1.82) is 0 Å². The van der Waals surface area contributed by atoms with Gasteiger partial charge in [0, 0.05) is 35.9 Å². The third kappa shape index (κ3) is 3.56. The number of benzene rings is 2. The van der Waals surface area contributed by atoms with Crippen molar-refractivity contribution in [2.24, 2.45) is 11.8 Å². The highest BCUT2D eigenvalue weighted by atomic mass is 35.5. The van der Waals surface area contributed by atoms with Gasteiger partial charge in [0.1, 0.15) is 18.7 Å². The molecule has 0 radical (unpaired) electrons. The summed E-state index contributed by atoms with van der Waals surface area (Å²) < 4.78 is 0.953. The van der Waals surface area contributed by atoms with E-state index in [0.29, 0.717) is 11.8 Å². The smallest absolute Gasteiger partial charge is 0.131 e. The summed E-state index contributed by atoms with van der Waals surface area (Å²) in [5.74, 6) is 1.18. The lowest BCUT2D eigenvalue weighted by atomic mass is 9.71. The van der Waals surface area contributed by atoms with Crippen molar-refractivity contribution >= 4 is 10.9 Å². The van der Waals surface area contributed by atoms with E-state index in [4.69, 9.17) is 0 Å². The normalized spacial score (nSPS) is 28.6. The Hall–Kier alpha value is -2.20. The fourth-order valence-corrected chi connectivity index (χ4v) is 5.91. The van der Waals surface area contributed by atoms with E-state index in [0.717, 1.165) is 47.0 Å². The zero-order valence-corrected chi connectivity index (χ0v) is 18.0. The number of aliphatic hydroxyl groups is 1. The second-order valence-corrected chi connectivity index (χ2v) is 8.88. The molecule has 3 saturated heterocycles. The molecule has 3 nitrogen and oxygen atoms in total. The van der Waals surface area contributed by atoms with Crippen LogP contribution in [0.2, 0.25) is 0 Å². The van der Waals surface area contributed by atoms with Crippen molar-refractivity contribution in [3.63, 3.8) is 0 Å². The van der Waals surface area contributed by atoms with Crippen LogP contribution in [0.1, 0.15) is 30.1 Å². The fraction of sp³-hybridized carbons (Fsp3) is 0.346. The van der Waals surface area contributed by atoms with Crippen molar-refractivity contribution in [3.8, 4) is 0 Å². The van der Waals surface area contributed by atoms with E-state index in [9.17, 15) is 5.11 Å². The largest absolute Gasteiger partial charge is 1.00 e. The molecule has 0 saturated carbocycles. The standard InChI is InChI=1S/C26H29N2O.ClH/c1-2-20-18-28(17-19-8-4-3-5-9-19)15-13-21(20)16-25(28)26(29)23-12-14-27-24-11-7-6-10-22(23)24;/h2-12,14,20-21,25-26,29H,1,13,15-18H2;1H/q+1;/p-1/t20?,21-,25?,26?,28?;/m0./s1. The topological polar surface area (TPSA) is 33.1 Å². The summed E-state index contributed by atoms with van der Waals surface area (Å²) in [6, 6.07) is 21.2. The van der Waals surface area contributed by atoms with E-state index in [1.54, 1.807) is 0 Å². The van der Waals surface area contributed by atoms with Crippen LogP contribution in [0.25, 0.3) is 10.9 Å². The third-order valence-corrected chi connectivity index (χ3v) is 7.38. The van der Waals surface area contributed by atoms with E-state index >= 15 is 0 Å². The Morgan fingerprint density at radius 3 is 2.67 bits per heavy atom. The van der Waals surface area contributed by atoms with Crippen molar-refractivity contribution in [1.82, 2.24) is 4.98 Å². The van der Waals surface area contributed by atoms with E-state index in [1.165, 1.54) is 12.0 Å². The number of quaternary nitrogens is 1. The second kappa shape index (κ2) is 8.50. The Morgan fingerprint density at radius 1 is 1.10 bits per heavy atom. The van der Waals surface area contributed by atoms with Crippen LogP contribution in [0.5, 0.6) is 0 Å². The Labute approximate surface area is 185 Å². The van der Waals surface area contributed by atoms with Crippen molar-refractivity contribution < 1.29 is 22.0 Å². The lowest BCUT2D eigenvalue weighted by molar-refractivity contribution is -0.984. The minimum Gasteiger partial charge on any atom is -1.00 e. The Balaban J connectivity index is 0.00000218. The highest BCUT2D eigenvalue weighted by molar-refractivity contribution is 5.82. The number of rotatable bonds is 5. The minimum atomic E-state index is -0.486. The summed E-state index contributed by atoms with van der Waals surface area (Å²) in [6.07, 6.45) is 5.79. The van der Waals surface area contributed by atoms with E-state index in [1.807, 2.05) is 30.5 Å². The number of fused-ring (bicyclic) bond motifs is 4. The zero-order chi connectivity index (χ0) is 19.8. The van der Waals surface area contributed by atoms with Gasteiger partial charge in [-0.15, -0.1) is 6.58 Å². The summed E-state index contributed by atoms with van der Waals surface area (Å²) in [5.41, 5.74) is 3.33. The molecule has 1 N–H and O–H groups in total. The molecule has 5 atom stereocenters. The predicted octanol–water partition coefficient (Wildman–Crippen LogP) is 1.88. The van der Waals surface area contributed by atoms with Crippen LogP contribution in [0.15, 0.2) is 79.5 Å². The van der Waals surface area contributed by atoms with Gasteiger partial charge in [0.25, 0.3) is 0 Å². The average molecular weight is 421 g/mol. The molecule has 0 amide bonds. The van der Waals surface area contributed by atoms with Gasteiger partial charge in [-0.3, -0.25) is 4.98 Å². The summed E-state index contributed by atoms with van der Waals surface area (Å²) in [4.78, 5) is 4.50. The summed E-state index contributed by atoms with van der Waals surface area (Å²) in [7, 11) is 0. The summed E-state index contributed by atoms with van der Waals surface area (Å²) in [6.45, 7) is 7.32. The fourth-order valence-electron chi connectivity index (χ4n) is 5.91. The molecule has 1 aromatic heterocycles. The summed E-state index contributed by atoms with van der Waals surface area (Å²) in [5, 5.41) is 12.8. The highest BCUT2D eigenvalue weighted by Gasteiger charge is 2.53. The first-order valence-corrected chi connectivity index (χ1v) is 10.7. The molecule has 3 aliphatic heterocycles. The van der Waals surface area contributed by atoms with Gasteiger partial charge in [-0.05, 0) is 23.6 Å². The Kier molecular flexibility index (Phi) is 5.97. The molecule has 3 aliphatic rings. The van der Waals surface area contributed by atoms with Crippen LogP contribution >= 0.6 is 0 Å². The van der Waals surface area contributed by atoms with Crippen molar-refractivity contribution in [3.05, 3.63) is 90.6 Å². The van der Waals surface area contributed by atoms with Gasteiger partial charge in [0.2, 0.25) is 0 Å². The van der Waals surface area contributed by atoms with Crippen molar-refractivity contribution in [2.75, 3.05) is 13.1 Å². The molecule has 0 spiro atoms. The number of aromatic nitrogens is 1. The van der Waals surface area contributed by atoms with Crippen LogP contribution in [-0.2, 0) is 6.54 Å². The molecule has 3 fully saturated rings. The second-order valence-electron chi connectivity index (χ2n) is 8.88. The Morgan fingerprint density at radius 2 is 1.87 bits per heavy atom. The number of para-hydroxylation sites is 1. The molecule has 30 heavy (non-hydrogen) atoms. The molecular weight excluding hydrogens is 392 g/mol. The first kappa shape index (κ1) is 21.0. The van der Waals surface area contributed by atoms with Gasteiger partial charge in [-0.25, -0.2) is 0 Å². The lowest BCUT2D eigenvalue weighted by Crippen LogP contribution is -3.00. The molecule has 2 aromatic carbocycles. The van der Waals surface area contributed by atoms with Gasteiger partial charge in [0.05, 0.1) is 18.6 Å². The number of aliphatic hydroxyl groups excluding tert-OH is 1. The Bertz CT molecular complexity index is 1020. The molecule has 4 unspecified atom stereocenters. The van der Waals surface area contributed by atoms with Crippen LogP contribution in [0.4, 0.5) is 0 Å². The molecule has 0 aliphatic carbocycles. The molecule has 6 rings (SSSR count). The van der Waals surface area contributed by atoms with Crippen LogP contribution in [0, 0.1) is 11.8 Å². The molecule has 3 aromatic rings. The van der Waals surface area contributed by atoms with Crippen LogP contribution in [-0.4, -0.2) is 33.7 Å². The molecule has 156 valence electrons. The lowest BCUT2D eigenvalue weighted by Gasteiger charge is -2.58.